The summed E-state index contributed by atoms with van der Waals surface area (Å²) in [4.78, 5) is 2.65. The molecule has 0 bridgehead atoms. The molecular weight excluding hydrogens is 246 g/mol. The van der Waals surface area contributed by atoms with Gasteiger partial charge in [0.05, 0.1) is 6.10 Å². The van der Waals surface area contributed by atoms with Crippen LogP contribution < -0.4 is 0 Å². The lowest BCUT2D eigenvalue weighted by atomic mass is 9.61. The zero-order chi connectivity index (χ0) is 15.0. The highest BCUT2D eigenvalue weighted by Crippen LogP contribution is 2.50. The highest BCUT2D eigenvalue weighted by Gasteiger charge is 2.46. The third kappa shape index (κ3) is 5.37. The number of hydrogen-bond donors (Lipinski definition) is 0. The third-order valence-corrected chi connectivity index (χ3v) is 4.71. The van der Waals surface area contributed by atoms with Crippen molar-refractivity contribution >= 4 is 0 Å². The van der Waals surface area contributed by atoms with Crippen LogP contribution in [0, 0.1) is 11.3 Å². The van der Waals surface area contributed by atoms with E-state index in [2.05, 4.69) is 25.7 Å². The number of ether oxygens (including phenoxy) is 1. The molecule has 2 rings (SSSR count). The van der Waals surface area contributed by atoms with Crippen LogP contribution >= 0.6 is 0 Å². The van der Waals surface area contributed by atoms with Gasteiger partial charge in [-0.1, -0.05) is 41.0 Å². The van der Waals surface area contributed by atoms with Crippen LogP contribution in [0.3, 0.4) is 0 Å². The van der Waals surface area contributed by atoms with Gasteiger partial charge in [-0.05, 0) is 56.5 Å². The Bertz CT molecular complexity index is 236. The van der Waals surface area contributed by atoms with Crippen molar-refractivity contribution in [1.82, 2.24) is 4.90 Å². The number of piperidine rings is 1. The van der Waals surface area contributed by atoms with E-state index in [9.17, 15) is 0 Å². The maximum absolute atomic E-state index is 5.92. The van der Waals surface area contributed by atoms with Gasteiger partial charge in [0.2, 0.25) is 0 Å². The summed E-state index contributed by atoms with van der Waals surface area (Å²) in [6.07, 6.45) is 8.57. The van der Waals surface area contributed by atoms with Crippen LogP contribution in [0.2, 0.25) is 0 Å². The Morgan fingerprint density at radius 1 is 1.15 bits per heavy atom. The molecule has 0 radical (unpaired) electrons. The van der Waals surface area contributed by atoms with Crippen molar-refractivity contribution in [3.05, 3.63) is 0 Å². The predicted octanol–water partition coefficient (Wildman–Crippen LogP) is 4.73. The Hall–Kier alpha value is -0.0800. The van der Waals surface area contributed by atoms with E-state index in [0.717, 1.165) is 12.5 Å². The summed E-state index contributed by atoms with van der Waals surface area (Å²) in [5.41, 5.74) is 0.671. The molecule has 1 aliphatic heterocycles. The van der Waals surface area contributed by atoms with Crippen molar-refractivity contribution in [3.63, 3.8) is 0 Å². The average Bonchev–Trinajstić information content (AvgIpc) is 2.41. The lowest BCUT2D eigenvalue weighted by Crippen LogP contribution is -2.50. The first-order valence-electron chi connectivity index (χ1n) is 8.97. The summed E-state index contributed by atoms with van der Waals surface area (Å²) in [7, 11) is 0. The maximum Gasteiger partial charge on any atom is 0.0585 e. The third-order valence-electron chi connectivity index (χ3n) is 4.71. The van der Waals surface area contributed by atoms with Gasteiger partial charge in [-0.3, -0.25) is 0 Å². The van der Waals surface area contributed by atoms with Gasteiger partial charge in [0.15, 0.2) is 0 Å². The van der Waals surface area contributed by atoms with Crippen LogP contribution in [0.5, 0.6) is 0 Å². The molecule has 0 aromatic heterocycles. The monoisotopic (exact) mass is 283 g/mol. The highest BCUT2D eigenvalue weighted by atomic mass is 16.5. The summed E-state index contributed by atoms with van der Waals surface area (Å²) in [6.45, 7) is 15.8. The standard InChI is InChI=1S/C16H31NO.C2H6/c1-4-5-10-18-15-11-16(12-15)6-8-17(9-7-16)13-14(2)3;1-2/h14-15H,4-13H2,1-3H3;1-2H3. The number of nitrogens with zero attached hydrogens (tertiary/aromatic N) is 1. The van der Waals surface area contributed by atoms with Crippen LogP contribution in [-0.4, -0.2) is 37.2 Å². The van der Waals surface area contributed by atoms with E-state index >= 15 is 0 Å². The zero-order valence-corrected chi connectivity index (χ0v) is 14.6. The quantitative estimate of drug-likeness (QED) is 0.653. The minimum absolute atomic E-state index is 0.591. The molecule has 0 aromatic rings. The fraction of sp³-hybridized carbons (Fsp3) is 1.00. The van der Waals surface area contributed by atoms with Crippen LogP contribution in [-0.2, 0) is 4.74 Å². The highest BCUT2D eigenvalue weighted by molar-refractivity contribution is 4.97. The first kappa shape index (κ1) is 18.0. The Balaban J connectivity index is 0.000000956. The topological polar surface area (TPSA) is 12.5 Å². The van der Waals surface area contributed by atoms with E-state index in [0.29, 0.717) is 11.5 Å². The fourth-order valence-corrected chi connectivity index (χ4v) is 3.55. The van der Waals surface area contributed by atoms with E-state index in [-0.39, 0.29) is 0 Å². The molecule has 2 aliphatic rings. The minimum atomic E-state index is 0.591. The molecule has 1 saturated heterocycles. The lowest BCUT2D eigenvalue weighted by molar-refractivity contribution is -0.105. The van der Waals surface area contributed by atoms with Gasteiger partial charge in [-0.15, -0.1) is 0 Å². The Kier molecular flexibility index (Phi) is 8.13. The summed E-state index contributed by atoms with van der Waals surface area (Å²) >= 11 is 0. The van der Waals surface area contributed by atoms with Crippen molar-refractivity contribution in [3.8, 4) is 0 Å². The SMILES string of the molecule is CC.CCCCOC1CC2(CCN(CC(C)C)CC2)C1. The first-order valence-corrected chi connectivity index (χ1v) is 8.97. The van der Waals surface area contributed by atoms with Gasteiger partial charge < -0.3 is 9.64 Å². The van der Waals surface area contributed by atoms with E-state index in [1.54, 1.807) is 0 Å². The van der Waals surface area contributed by atoms with E-state index < -0.39 is 0 Å². The summed E-state index contributed by atoms with van der Waals surface area (Å²) < 4.78 is 5.92. The van der Waals surface area contributed by atoms with Crippen molar-refractivity contribution in [2.24, 2.45) is 11.3 Å². The second kappa shape index (κ2) is 9.04. The molecule has 0 aromatic carbocycles. The van der Waals surface area contributed by atoms with Crippen molar-refractivity contribution in [2.45, 2.75) is 79.2 Å². The van der Waals surface area contributed by atoms with Gasteiger partial charge in [-0.2, -0.15) is 0 Å². The molecule has 120 valence electrons. The molecule has 0 atom stereocenters. The molecule has 0 N–H and O–H groups in total. The lowest BCUT2D eigenvalue weighted by Gasteiger charge is -2.52. The fourth-order valence-electron chi connectivity index (χ4n) is 3.55. The van der Waals surface area contributed by atoms with Gasteiger partial charge >= 0.3 is 0 Å². The molecule has 1 aliphatic carbocycles. The zero-order valence-electron chi connectivity index (χ0n) is 14.6. The molecule has 0 amide bonds. The predicted molar refractivity (Wildman–Crippen MR) is 88.2 cm³/mol. The maximum atomic E-state index is 5.92. The second-order valence-corrected chi connectivity index (χ2v) is 6.95. The Morgan fingerprint density at radius 3 is 2.25 bits per heavy atom. The normalized spacial score (nSPS) is 22.5. The second-order valence-electron chi connectivity index (χ2n) is 6.95. The summed E-state index contributed by atoms with van der Waals surface area (Å²) in [5, 5.41) is 0. The molecule has 1 heterocycles. The Morgan fingerprint density at radius 2 is 1.75 bits per heavy atom. The molecule has 2 nitrogen and oxygen atoms in total. The van der Waals surface area contributed by atoms with Crippen LogP contribution in [0.15, 0.2) is 0 Å². The number of likely N-dealkylation sites (tertiary alicyclic amines) is 1. The Labute approximate surface area is 127 Å². The van der Waals surface area contributed by atoms with Crippen molar-refractivity contribution in [1.29, 1.82) is 0 Å². The van der Waals surface area contributed by atoms with Gasteiger partial charge in [-0.25, -0.2) is 0 Å². The number of hydrogen-bond acceptors (Lipinski definition) is 2. The van der Waals surface area contributed by atoms with Crippen molar-refractivity contribution in [2.75, 3.05) is 26.2 Å². The van der Waals surface area contributed by atoms with Gasteiger partial charge in [0, 0.05) is 13.2 Å². The molecule has 1 saturated carbocycles. The number of rotatable bonds is 6. The van der Waals surface area contributed by atoms with Gasteiger partial charge in [0.1, 0.15) is 0 Å². The van der Waals surface area contributed by atoms with E-state index in [4.69, 9.17) is 4.74 Å². The molecule has 20 heavy (non-hydrogen) atoms. The van der Waals surface area contributed by atoms with Crippen LogP contribution in [0.25, 0.3) is 0 Å². The van der Waals surface area contributed by atoms with Crippen LogP contribution in [0.4, 0.5) is 0 Å². The minimum Gasteiger partial charge on any atom is -0.378 e. The van der Waals surface area contributed by atoms with Crippen LogP contribution in [0.1, 0.15) is 73.1 Å². The van der Waals surface area contributed by atoms with E-state index in [1.807, 2.05) is 13.8 Å². The largest absolute Gasteiger partial charge is 0.378 e. The molecule has 2 fully saturated rings. The number of unbranched alkanes of at least 4 members (excludes halogenated alkanes) is 1. The molecule has 0 unspecified atom stereocenters. The van der Waals surface area contributed by atoms with Crippen molar-refractivity contribution < 1.29 is 4.74 Å². The summed E-state index contributed by atoms with van der Waals surface area (Å²) in [5.74, 6) is 0.811. The smallest absolute Gasteiger partial charge is 0.0585 e. The van der Waals surface area contributed by atoms with E-state index in [1.165, 1.54) is 58.2 Å². The molecular formula is C18H37NO. The molecule has 2 heteroatoms. The first-order chi connectivity index (χ1) is 9.63. The molecule has 1 spiro atoms. The average molecular weight is 284 g/mol. The van der Waals surface area contributed by atoms with Gasteiger partial charge in [0.25, 0.3) is 0 Å². The summed E-state index contributed by atoms with van der Waals surface area (Å²) in [6, 6.07) is 0.